The maximum Gasteiger partial charge on any atom is 0.253 e. The summed E-state index contributed by atoms with van der Waals surface area (Å²) in [5, 5.41) is 7.54. The molecule has 20 heavy (non-hydrogen) atoms. The van der Waals surface area contributed by atoms with Crippen LogP contribution in [-0.2, 0) is 13.0 Å². The highest BCUT2D eigenvalue weighted by Crippen LogP contribution is 2.28. The third-order valence-electron chi connectivity index (χ3n) is 2.54. The molecule has 1 heterocycles. The van der Waals surface area contributed by atoms with Gasteiger partial charge in [0.15, 0.2) is 24.0 Å². The number of halogens is 2. The van der Waals surface area contributed by atoms with Crippen molar-refractivity contribution in [1.82, 2.24) is 10.2 Å². The molecule has 0 aliphatic heterocycles. The molecule has 0 aliphatic rings. The van der Waals surface area contributed by atoms with Gasteiger partial charge in [0.2, 0.25) is 5.89 Å². The van der Waals surface area contributed by atoms with Gasteiger partial charge in [-0.1, -0.05) is 22.9 Å². The average Bonchev–Trinajstić information content (AvgIpc) is 2.84. The molecule has 0 aliphatic carbocycles. The minimum absolute atomic E-state index is 0.0914. The summed E-state index contributed by atoms with van der Waals surface area (Å²) >= 11 is 3.14. The van der Waals surface area contributed by atoms with Crippen LogP contribution in [0.25, 0.3) is 0 Å². The van der Waals surface area contributed by atoms with Gasteiger partial charge < -0.3 is 9.15 Å². The van der Waals surface area contributed by atoms with E-state index in [1.165, 1.54) is 19.1 Å². The molecule has 2 aromatic rings. The second kappa shape index (κ2) is 6.13. The molecule has 0 radical (unpaired) electrons. The molecule has 106 valence electrons. The molecule has 0 amide bonds. The van der Waals surface area contributed by atoms with Crippen molar-refractivity contribution in [1.29, 1.82) is 0 Å². The first kappa shape index (κ1) is 14.6. The van der Waals surface area contributed by atoms with E-state index >= 15 is 0 Å². The first-order chi connectivity index (χ1) is 9.51. The molecule has 0 unspecified atom stereocenters. The number of Topliss-reactive ketones (excluding diaryl/α,β-unsaturated/α-hetero) is 1. The monoisotopic (exact) mass is 342 g/mol. The number of hydrogen-bond acceptors (Lipinski definition) is 5. The van der Waals surface area contributed by atoms with Gasteiger partial charge in [0.05, 0.1) is 5.56 Å². The normalized spacial score (nSPS) is 10.6. The summed E-state index contributed by atoms with van der Waals surface area (Å²) in [4.78, 5) is 11.5. The van der Waals surface area contributed by atoms with Gasteiger partial charge in [-0.2, -0.15) is 0 Å². The topological polar surface area (TPSA) is 65.2 Å². The summed E-state index contributed by atoms with van der Waals surface area (Å²) in [7, 11) is 0. The fourth-order valence-electron chi connectivity index (χ4n) is 1.59. The SMILES string of the molecule is CCc1nnc(COc2c(F)cc(Br)cc2C(C)=O)o1. The van der Waals surface area contributed by atoms with Crippen LogP contribution in [0.1, 0.15) is 36.0 Å². The lowest BCUT2D eigenvalue weighted by Gasteiger charge is -2.09. The Bertz CT molecular complexity index is 643. The predicted molar refractivity (Wildman–Crippen MR) is 72.1 cm³/mol. The van der Waals surface area contributed by atoms with Crippen molar-refractivity contribution in [2.75, 3.05) is 0 Å². The van der Waals surface area contributed by atoms with Gasteiger partial charge in [0, 0.05) is 10.9 Å². The zero-order chi connectivity index (χ0) is 14.7. The first-order valence-corrected chi connectivity index (χ1v) is 6.74. The van der Waals surface area contributed by atoms with Crippen molar-refractivity contribution in [2.24, 2.45) is 0 Å². The quantitative estimate of drug-likeness (QED) is 0.780. The van der Waals surface area contributed by atoms with E-state index in [0.717, 1.165) is 0 Å². The fraction of sp³-hybridized carbons (Fsp3) is 0.308. The number of aromatic nitrogens is 2. The average molecular weight is 343 g/mol. The summed E-state index contributed by atoms with van der Waals surface area (Å²) in [6, 6.07) is 2.74. The molecule has 0 atom stereocenters. The van der Waals surface area contributed by atoms with E-state index in [1.807, 2.05) is 6.92 Å². The molecule has 0 N–H and O–H groups in total. The molecule has 0 bridgehead atoms. The number of nitrogens with zero attached hydrogens (tertiary/aromatic N) is 2. The van der Waals surface area contributed by atoms with Crippen molar-refractivity contribution in [3.05, 3.63) is 39.8 Å². The Kier molecular flexibility index (Phi) is 4.49. The number of hydrogen-bond donors (Lipinski definition) is 0. The van der Waals surface area contributed by atoms with E-state index in [1.54, 1.807) is 0 Å². The number of benzene rings is 1. The van der Waals surface area contributed by atoms with Crippen LogP contribution in [0.2, 0.25) is 0 Å². The van der Waals surface area contributed by atoms with Crippen molar-refractivity contribution in [2.45, 2.75) is 26.9 Å². The summed E-state index contributed by atoms with van der Waals surface area (Å²) in [5.74, 6) is -0.318. The Morgan fingerprint density at radius 1 is 1.40 bits per heavy atom. The van der Waals surface area contributed by atoms with Crippen molar-refractivity contribution in [3.63, 3.8) is 0 Å². The molecule has 0 spiro atoms. The predicted octanol–water partition coefficient (Wildman–Crippen LogP) is 3.32. The van der Waals surface area contributed by atoms with Crippen LogP contribution >= 0.6 is 15.9 Å². The number of ether oxygens (including phenoxy) is 1. The lowest BCUT2D eigenvalue weighted by Crippen LogP contribution is -2.04. The maximum atomic E-state index is 13.9. The van der Waals surface area contributed by atoms with Crippen molar-refractivity contribution < 1.29 is 18.3 Å². The third-order valence-corrected chi connectivity index (χ3v) is 3.00. The number of carbonyl (C=O) groups is 1. The number of ketones is 1. The van der Waals surface area contributed by atoms with Crippen LogP contribution in [0.4, 0.5) is 4.39 Å². The van der Waals surface area contributed by atoms with Gasteiger partial charge >= 0.3 is 0 Å². The van der Waals surface area contributed by atoms with Gasteiger partial charge in [-0.05, 0) is 19.1 Å². The fourth-order valence-corrected chi connectivity index (χ4v) is 2.02. The van der Waals surface area contributed by atoms with Gasteiger partial charge in [0.1, 0.15) is 0 Å². The lowest BCUT2D eigenvalue weighted by molar-refractivity contribution is 0.101. The molecule has 2 rings (SSSR count). The lowest BCUT2D eigenvalue weighted by atomic mass is 10.1. The van der Waals surface area contributed by atoms with Crippen molar-refractivity contribution >= 4 is 21.7 Å². The van der Waals surface area contributed by atoms with Crippen molar-refractivity contribution in [3.8, 4) is 5.75 Å². The standard InChI is InChI=1S/C13H12BrFN2O3/c1-3-11-16-17-12(20-11)6-19-13-9(7(2)18)4-8(14)5-10(13)15/h4-5H,3,6H2,1-2H3. The van der Waals surface area contributed by atoms with Gasteiger partial charge in [0.25, 0.3) is 5.89 Å². The number of carbonyl (C=O) groups excluding carboxylic acids is 1. The maximum absolute atomic E-state index is 13.9. The Labute approximate surface area is 123 Å². The zero-order valence-corrected chi connectivity index (χ0v) is 12.5. The van der Waals surface area contributed by atoms with Crippen LogP contribution < -0.4 is 4.74 Å². The summed E-state index contributed by atoms with van der Waals surface area (Å²) < 4.78 is 24.9. The smallest absolute Gasteiger partial charge is 0.253 e. The van der Waals surface area contributed by atoms with Gasteiger partial charge in [-0.15, -0.1) is 10.2 Å². The highest BCUT2D eigenvalue weighted by Gasteiger charge is 2.16. The Hall–Kier alpha value is -1.76. The highest BCUT2D eigenvalue weighted by molar-refractivity contribution is 9.10. The molecule has 5 nitrogen and oxygen atoms in total. The Morgan fingerprint density at radius 3 is 2.70 bits per heavy atom. The molecular weight excluding hydrogens is 331 g/mol. The molecule has 0 saturated carbocycles. The van der Waals surface area contributed by atoms with E-state index in [2.05, 4.69) is 26.1 Å². The number of rotatable bonds is 5. The zero-order valence-electron chi connectivity index (χ0n) is 10.9. The van der Waals surface area contributed by atoms with E-state index in [0.29, 0.717) is 16.8 Å². The Balaban J connectivity index is 2.22. The van der Waals surface area contributed by atoms with E-state index in [9.17, 15) is 9.18 Å². The summed E-state index contributed by atoms with van der Waals surface area (Å²) in [6.07, 6.45) is 0.609. The van der Waals surface area contributed by atoms with Gasteiger partial charge in [-0.25, -0.2) is 4.39 Å². The largest absolute Gasteiger partial charge is 0.480 e. The Morgan fingerprint density at radius 2 is 2.10 bits per heavy atom. The first-order valence-electron chi connectivity index (χ1n) is 5.95. The molecule has 0 fully saturated rings. The minimum atomic E-state index is -0.625. The van der Waals surface area contributed by atoms with Gasteiger partial charge in [-0.3, -0.25) is 4.79 Å². The molecule has 1 aromatic heterocycles. The van der Waals surface area contributed by atoms with E-state index < -0.39 is 5.82 Å². The van der Waals surface area contributed by atoms with Crippen LogP contribution in [0.15, 0.2) is 21.0 Å². The van der Waals surface area contributed by atoms with Crippen LogP contribution in [0, 0.1) is 5.82 Å². The summed E-state index contributed by atoms with van der Waals surface area (Å²) in [5.41, 5.74) is 0.159. The molecule has 0 saturated heterocycles. The summed E-state index contributed by atoms with van der Waals surface area (Å²) in [6.45, 7) is 3.13. The number of aryl methyl sites for hydroxylation is 1. The molecule has 7 heteroatoms. The highest BCUT2D eigenvalue weighted by atomic mass is 79.9. The van der Waals surface area contributed by atoms with E-state index in [-0.39, 0.29) is 29.6 Å². The second-order valence-corrected chi connectivity index (χ2v) is 4.97. The minimum Gasteiger partial charge on any atom is -0.480 e. The van der Waals surface area contributed by atoms with Crippen LogP contribution in [0.5, 0.6) is 5.75 Å². The van der Waals surface area contributed by atoms with Crippen LogP contribution in [-0.4, -0.2) is 16.0 Å². The molecule has 1 aromatic carbocycles. The molecular formula is C13H12BrFN2O3. The second-order valence-electron chi connectivity index (χ2n) is 4.05. The van der Waals surface area contributed by atoms with E-state index in [4.69, 9.17) is 9.15 Å². The van der Waals surface area contributed by atoms with Crippen LogP contribution in [0.3, 0.4) is 0 Å². The third kappa shape index (κ3) is 3.22.